The van der Waals surface area contributed by atoms with Crippen molar-refractivity contribution < 1.29 is 0 Å². The van der Waals surface area contributed by atoms with E-state index in [4.69, 9.17) is 0 Å². The summed E-state index contributed by atoms with van der Waals surface area (Å²) in [6.45, 7) is 10.3. The topological polar surface area (TPSA) is 12.0 Å². The van der Waals surface area contributed by atoms with E-state index in [9.17, 15) is 0 Å². The Hall–Kier alpha value is 0.310. The molecule has 0 bridgehead atoms. The van der Waals surface area contributed by atoms with Gasteiger partial charge >= 0.3 is 0 Å². The first kappa shape index (κ1) is 13.3. The lowest BCUT2D eigenvalue weighted by molar-refractivity contribution is 0.373. The van der Waals surface area contributed by atoms with Crippen LogP contribution in [0.4, 0.5) is 0 Å². The highest BCUT2D eigenvalue weighted by Gasteiger charge is 2.10. The van der Waals surface area contributed by atoms with Gasteiger partial charge in [0.1, 0.15) is 0 Å². The van der Waals surface area contributed by atoms with E-state index >= 15 is 0 Å². The normalized spacial score (nSPS) is 18.2. The van der Waals surface area contributed by atoms with Crippen molar-refractivity contribution in [1.29, 1.82) is 0 Å². The zero-order valence-corrected chi connectivity index (χ0v) is 10.6. The second kappa shape index (κ2) is 7.69. The van der Waals surface area contributed by atoms with Crippen molar-refractivity contribution >= 4 is 11.8 Å². The molecule has 1 N–H and O–H groups in total. The van der Waals surface area contributed by atoms with E-state index in [0.717, 1.165) is 18.4 Å². The maximum absolute atomic E-state index is 3.60. The molecular formula is C11H25NS. The minimum atomic E-state index is 0.661. The molecule has 0 aliphatic carbocycles. The van der Waals surface area contributed by atoms with Crippen molar-refractivity contribution in [2.24, 2.45) is 11.8 Å². The molecule has 0 aromatic heterocycles. The van der Waals surface area contributed by atoms with Gasteiger partial charge in [0, 0.05) is 6.04 Å². The first-order chi connectivity index (χ1) is 6.11. The van der Waals surface area contributed by atoms with Gasteiger partial charge in [-0.3, -0.25) is 0 Å². The quantitative estimate of drug-likeness (QED) is 0.682. The van der Waals surface area contributed by atoms with Crippen molar-refractivity contribution in [3.63, 3.8) is 0 Å². The Balaban J connectivity index is 3.50. The predicted octanol–water partition coefficient (Wildman–Crippen LogP) is 3.01. The van der Waals surface area contributed by atoms with Gasteiger partial charge < -0.3 is 5.32 Å². The summed E-state index contributed by atoms with van der Waals surface area (Å²) in [6.07, 6.45) is 3.44. The van der Waals surface area contributed by atoms with E-state index in [1.807, 2.05) is 11.8 Å². The number of thioether (sulfide) groups is 1. The van der Waals surface area contributed by atoms with E-state index in [0.29, 0.717) is 6.04 Å². The molecule has 3 atom stereocenters. The van der Waals surface area contributed by atoms with Crippen molar-refractivity contribution in [2.45, 2.75) is 40.2 Å². The fourth-order valence-corrected chi connectivity index (χ4v) is 1.97. The largest absolute Gasteiger partial charge is 0.314 e. The molecule has 80 valence electrons. The number of hydrogen-bond acceptors (Lipinski definition) is 2. The first-order valence-electron chi connectivity index (χ1n) is 5.34. The molecule has 0 rings (SSSR count). The lowest BCUT2D eigenvalue weighted by Gasteiger charge is -2.22. The van der Waals surface area contributed by atoms with Gasteiger partial charge in [-0.05, 0) is 37.3 Å². The van der Waals surface area contributed by atoms with Crippen molar-refractivity contribution in [2.75, 3.05) is 18.6 Å². The molecule has 0 spiro atoms. The zero-order chi connectivity index (χ0) is 10.3. The van der Waals surface area contributed by atoms with Crippen molar-refractivity contribution in [1.82, 2.24) is 5.32 Å². The highest BCUT2D eigenvalue weighted by Crippen LogP contribution is 2.08. The van der Waals surface area contributed by atoms with Crippen LogP contribution in [0.3, 0.4) is 0 Å². The standard InChI is InChI=1S/C11H25NS/c1-6-10(3)11(4)12-7-9(2)8-13-5/h9-12H,6-8H2,1-5H3. The summed E-state index contributed by atoms with van der Waals surface area (Å²) in [6, 6.07) is 0.661. The van der Waals surface area contributed by atoms with Crippen LogP contribution in [-0.2, 0) is 0 Å². The van der Waals surface area contributed by atoms with Crippen molar-refractivity contribution in [3.05, 3.63) is 0 Å². The summed E-state index contributed by atoms with van der Waals surface area (Å²) in [5.41, 5.74) is 0. The van der Waals surface area contributed by atoms with Crippen LogP contribution in [0.25, 0.3) is 0 Å². The molecule has 0 aromatic rings. The first-order valence-corrected chi connectivity index (χ1v) is 6.73. The molecule has 1 nitrogen and oxygen atoms in total. The molecular weight excluding hydrogens is 178 g/mol. The van der Waals surface area contributed by atoms with Crippen LogP contribution in [0.2, 0.25) is 0 Å². The van der Waals surface area contributed by atoms with Crippen molar-refractivity contribution in [3.8, 4) is 0 Å². The second-order valence-corrected chi connectivity index (χ2v) is 5.05. The highest BCUT2D eigenvalue weighted by atomic mass is 32.2. The minimum Gasteiger partial charge on any atom is -0.314 e. The van der Waals surface area contributed by atoms with Gasteiger partial charge in [-0.1, -0.05) is 27.2 Å². The van der Waals surface area contributed by atoms with Crippen LogP contribution < -0.4 is 5.32 Å². The average molecular weight is 203 g/mol. The Bertz CT molecular complexity index is 117. The molecule has 0 saturated carbocycles. The van der Waals surface area contributed by atoms with Gasteiger partial charge in [0.2, 0.25) is 0 Å². The molecule has 0 radical (unpaired) electrons. The van der Waals surface area contributed by atoms with Crippen LogP contribution in [-0.4, -0.2) is 24.6 Å². The summed E-state index contributed by atoms with van der Waals surface area (Å²) in [5, 5.41) is 3.60. The Kier molecular flexibility index (Phi) is 7.87. The molecule has 0 saturated heterocycles. The fourth-order valence-electron chi connectivity index (χ4n) is 1.29. The zero-order valence-electron chi connectivity index (χ0n) is 9.76. The fraction of sp³-hybridized carbons (Fsp3) is 1.00. The van der Waals surface area contributed by atoms with Crippen LogP contribution >= 0.6 is 11.8 Å². The Labute approximate surface area is 88.1 Å². The minimum absolute atomic E-state index is 0.661. The molecule has 0 fully saturated rings. The molecule has 0 aromatic carbocycles. The average Bonchev–Trinajstić information content (AvgIpc) is 2.13. The van der Waals surface area contributed by atoms with Crippen LogP contribution in [0.15, 0.2) is 0 Å². The van der Waals surface area contributed by atoms with Crippen LogP contribution in [0, 0.1) is 11.8 Å². The Morgan fingerprint density at radius 3 is 2.31 bits per heavy atom. The maximum atomic E-state index is 3.60. The molecule has 0 aliphatic heterocycles. The van der Waals surface area contributed by atoms with Gasteiger partial charge in [-0.25, -0.2) is 0 Å². The molecule has 0 amide bonds. The smallest absolute Gasteiger partial charge is 0.00643 e. The van der Waals surface area contributed by atoms with E-state index in [-0.39, 0.29) is 0 Å². The number of nitrogens with one attached hydrogen (secondary N) is 1. The Morgan fingerprint density at radius 1 is 1.23 bits per heavy atom. The molecule has 0 aliphatic rings. The highest BCUT2D eigenvalue weighted by molar-refractivity contribution is 7.98. The third-order valence-electron chi connectivity index (χ3n) is 2.74. The van der Waals surface area contributed by atoms with Gasteiger partial charge in [0.15, 0.2) is 0 Å². The summed E-state index contributed by atoms with van der Waals surface area (Å²) in [7, 11) is 0. The van der Waals surface area contributed by atoms with Gasteiger partial charge in [0.05, 0.1) is 0 Å². The van der Waals surface area contributed by atoms with E-state index < -0.39 is 0 Å². The Morgan fingerprint density at radius 2 is 1.85 bits per heavy atom. The monoisotopic (exact) mass is 203 g/mol. The van der Waals surface area contributed by atoms with Crippen LogP contribution in [0.1, 0.15) is 34.1 Å². The number of rotatable bonds is 7. The molecule has 3 unspecified atom stereocenters. The van der Waals surface area contributed by atoms with Crippen LogP contribution in [0.5, 0.6) is 0 Å². The van der Waals surface area contributed by atoms with E-state index in [1.54, 1.807) is 0 Å². The third kappa shape index (κ3) is 6.39. The molecule has 13 heavy (non-hydrogen) atoms. The predicted molar refractivity (Wildman–Crippen MR) is 64.5 cm³/mol. The van der Waals surface area contributed by atoms with Gasteiger partial charge in [-0.15, -0.1) is 0 Å². The van der Waals surface area contributed by atoms with Gasteiger partial charge in [-0.2, -0.15) is 11.8 Å². The summed E-state index contributed by atoms with van der Waals surface area (Å²) in [4.78, 5) is 0. The lowest BCUT2D eigenvalue weighted by Crippen LogP contribution is -2.35. The second-order valence-electron chi connectivity index (χ2n) is 4.14. The summed E-state index contributed by atoms with van der Waals surface area (Å²) < 4.78 is 0. The van der Waals surface area contributed by atoms with E-state index in [1.165, 1.54) is 12.2 Å². The number of hydrogen-bond donors (Lipinski definition) is 1. The third-order valence-corrected chi connectivity index (χ3v) is 3.64. The summed E-state index contributed by atoms with van der Waals surface area (Å²) >= 11 is 1.94. The van der Waals surface area contributed by atoms with E-state index in [2.05, 4.69) is 39.3 Å². The lowest BCUT2D eigenvalue weighted by atomic mass is 10.0. The maximum Gasteiger partial charge on any atom is 0.00643 e. The molecule has 2 heteroatoms. The molecule has 0 heterocycles. The SMILES string of the molecule is CCC(C)C(C)NCC(C)CSC. The van der Waals surface area contributed by atoms with Gasteiger partial charge in [0.25, 0.3) is 0 Å². The summed E-state index contributed by atoms with van der Waals surface area (Å²) in [5.74, 6) is 2.85.